The van der Waals surface area contributed by atoms with Gasteiger partial charge in [0.15, 0.2) is 41.4 Å². The minimum absolute atomic E-state index is 0.0189. The van der Waals surface area contributed by atoms with E-state index in [1.807, 2.05) is 0 Å². The number of aryl methyl sites for hydroxylation is 1. The SMILES string of the molecule is Cn1c[n+]([C@@H]2O[C@H](COP(=O)([O-])OP(=O)([O-])OP(=O)([O-])OC[C@]34CO[C@@H](C3OP(=O)([O-])OC[C@H]3O[C@@H](n5cnc6c(=O)[nH]c(N)nc65)C(O)[C@H]3O)[C@H](n3cnc5c(N)ncnc53)O4)C(O)[C@@H]2O)c2nc(N)[nH]c(=O)c21. The zero-order valence-electron chi connectivity index (χ0n) is 37.4. The topological polar surface area (TPSA) is 574 Å². The lowest BCUT2D eigenvalue weighted by molar-refractivity contribution is -0.745. The number of fused-ring (bicyclic) bond motifs is 5. The summed E-state index contributed by atoms with van der Waals surface area (Å²) in [7, 11) is -23.4. The number of ether oxygens (including phenoxy) is 4. The highest BCUT2D eigenvalue weighted by Gasteiger charge is 2.65. The molecule has 4 aliphatic rings. The van der Waals surface area contributed by atoms with Gasteiger partial charge in [-0.25, -0.2) is 33.1 Å². The largest absolute Gasteiger partial charge is 0.756 e. The first kappa shape index (κ1) is 53.3. The van der Waals surface area contributed by atoms with Crippen molar-refractivity contribution >= 4 is 82.5 Å². The molecule has 75 heavy (non-hydrogen) atoms. The molecule has 0 radical (unpaired) electrons. The van der Waals surface area contributed by atoms with Gasteiger partial charge in [-0.05, 0) is 0 Å². The van der Waals surface area contributed by atoms with Crippen LogP contribution in [0.3, 0.4) is 0 Å². The van der Waals surface area contributed by atoms with Crippen LogP contribution in [0.4, 0.5) is 17.7 Å². The number of aromatic nitrogens is 12. The van der Waals surface area contributed by atoms with Crippen LogP contribution in [-0.2, 0) is 71.0 Å². The molecule has 0 aromatic carbocycles. The second kappa shape index (κ2) is 19.1. The summed E-state index contributed by atoms with van der Waals surface area (Å²) < 4.78 is 107. The first-order valence-corrected chi connectivity index (χ1v) is 27.0. The van der Waals surface area contributed by atoms with Crippen LogP contribution in [0.1, 0.15) is 18.7 Å². The molecule has 16 atom stereocenters. The number of phosphoric acid groups is 4. The third-order valence-electron chi connectivity index (χ3n) is 12.0. The molecule has 10 rings (SSSR count). The van der Waals surface area contributed by atoms with E-state index in [0.717, 1.165) is 28.1 Å². The monoisotopic (exact) mass is 1140 g/mol. The molecule has 7 unspecified atom stereocenters. The molecule has 4 saturated heterocycles. The molecule has 4 aliphatic heterocycles. The number of anilines is 3. The number of phosphoric ester groups is 3. The van der Waals surface area contributed by atoms with Gasteiger partial charge in [-0.1, -0.05) is 4.98 Å². The number of imidazole rings is 3. The second-order valence-corrected chi connectivity index (χ2v) is 22.8. The number of H-pyrrole nitrogens is 2. The van der Waals surface area contributed by atoms with Crippen molar-refractivity contribution in [3.05, 3.63) is 46.0 Å². The van der Waals surface area contributed by atoms with E-state index in [9.17, 15) is 67.8 Å². The molecule has 43 heteroatoms. The number of aliphatic hydroxyl groups is 4. The molecule has 6 aromatic rings. The molecule has 0 aliphatic carbocycles. The van der Waals surface area contributed by atoms with E-state index >= 15 is 0 Å². The van der Waals surface area contributed by atoms with Crippen molar-refractivity contribution in [1.82, 2.24) is 53.6 Å². The number of nitrogens with two attached hydrogens (primary N) is 3. The number of aliphatic hydroxyl groups excluding tert-OH is 4. The van der Waals surface area contributed by atoms with E-state index in [0.29, 0.717) is 0 Å². The number of nitrogens with one attached hydrogen (secondary N) is 2. The van der Waals surface area contributed by atoms with Gasteiger partial charge in [0.2, 0.25) is 17.7 Å². The summed E-state index contributed by atoms with van der Waals surface area (Å²) in [6.45, 7) is -4.49. The average molecular weight is 1140 g/mol. The fraction of sp³-hybridized carbons (Fsp3) is 0.531. The van der Waals surface area contributed by atoms with Crippen LogP contribution >= 0.6 is 31.3 Å². The van der Waals surface area contributed by atoms with Gasteiger partial charge in [0, 0.05) is 0 Å². The van der Waals surface area contributed by atoms with Crippen LogP contribution in [0.5, 0.6) is 0 Å². The molecule has 0 saturated carbocycles. The second-order valence-electron chi connectivity index (χ2n) is 16.9. The van der Waals surface area contributed by atoms with E-state index in [1.54, 1.807) is 0 Å². The third-order valence-corrected chi connectivity index (χ3v) is 17.1. The lowest BCUT2D eigenvalue weighted by Crippen LogP contribution is -2.46. The first-order valence-electron chi connectivity index (χ1n) is 21.2. The molecule has 12 N–H and O–H groups in total. The number of rotatable bonds is 18. The Morgan fingerprint density at radius 1 is 0.760 bits per heavy atom. The number of aromatic amines is 2. The van der Waals surface area contributed by atoms with Gasteiger partial charge in [0.05, 0.1) is 46.1 Å². The average Bonchev–Trinajstić information content (AvgIpc) is 4.23. The van der Waals surface area contributed by atoms with Crippen molar-refractivity contribution in [2.45, 2.75) is 73.1 Å². The van der Waals surface area contributed by atoms with Crippen LogP contribution in [0, 0.1) is 0 Å². The highest BCUT2D eigenvalue weighted by atomic mass is 31.3. The Hall–Kier alpha value is -5.15. The summed E-state index contributed by atoms with van der Waals surface area (Å²) in [6, 6.07) is 0. The number of hydrogen-bond acceptors (Lipinski definition) is 33. The van der Waals surface area contributed by atoms with Crippen molar-refractivity contribution in [3.8, 4) is 0 Å². The highest BCUT2D eigenvalue weighted by molar-refractivity contribution is 7.65. The maximum absolute atomic E-state index is 13.6. The Balaban J connectivity index is 0.809. The van der Waals surface area contributed by atoms with Gasteiger partial charge in [-0.15, -0.1) is 0 Å². The Kier molecular flexibility index (Phi) is 13.6. The molecule has 0 spiro atoms. The summed E-state index contributed by atoms with van der Waals surface area (Å²) in [5.41, 5.74) is 12.8. The van der Waals surface area contributed by atoms with E-state index in [4.69, 9.17) is 49.7 Å². The van der Waals surface area contributed by atoms with E-state index in [-0.39, 0.29) is 51.2 Å². The van der Waals surface area contributed by atoms with Gasteiger partial charge in [-0.2, -0.15) is 4.98 Å². The van der Waals surface area contributed by atoms with Crippen LogP contribution < -0.4 is 52.5 Å². The zero-order valence-corrected chi connectivity index (χ0v) is 41.0. The maximum Gasteiger partial charge on any atom is 0.313 e. The minimum atomic E-state index is -6.60. The van der Waals surface area contributed by atoms with Crippen molar-refractivity contribution < 1.29 is 108 Å². The van der Waals surface area contributed by atoms with Crippen molar-refractivity contribution in [2.24, 2.45) is 7.05 Å². The van der Waals surface area contributed by atoms with E-state index < -0.39 is 142 Å². The van der Waals surface area contributed by atoms with Crippen LogP contribution in [0.2, 0.25) is 0 Å². The maximum atomic E-state index is 13.6. The lowest BCUT2D eigenvalue weighted by atomic mass is 10.0. The Bertz CT molecular complexity index is 3540. The van der Waals surface area contributed by atoms with E-state index in [2.05, 4.69) is 53.0 Å². The summed E-state index contributed by atoms with van der Waals surface area (Å²) in [6.07, 6.45) is -14.5. The van der Waals surface area contributed by atoms with Crippen LogP contribution in [-0.4, -0.2) is 155 Å². The zero-order chi connectivity index (χ0) is 53.9. The van der Waals surface area contributed by atoms with E-state index in [1.165, 1.54) is 22.5 Å². The molecule has 10 heterocycles. The predicted octanol–water partition coefficient (Wildman–Crippen LogP) is -7.48. The smallest absolute Gasteiger partial charge is 0.313 e. The Morgan fingerprint density at radius 3 is 2.09 bits per heavy atom. The fourth-order valence-corrected chi connectivity index (χ4v) is 13.1. The van der Waals surface area contributed by atoms with Gasteiger partial charge in [-0.3, -0.25) is 51.5 Å². The van der Waals surface area contributed by atoms with Gasteiger partial charge < -0.3 is 94.2 Å². The molecule has 39 nitrogen and oxygen atoms in total. The van der Waals surface area contributed by atoms with Gasteiger partial charge in [0.25, 0.3) is 48.4 Å². The molecule has 4 fully saturated rings. The van der Waals surface area contributed by atoms with Crippen LogP contribution in [0.15, 0.2) is 34.9 Å². The number of nitrogens with zero attached hydrogens (tertiary/aromatic N) is 10. The van der Waals surface area contributed by atoms with Gasteiger partial charge >= 0.3 is 5.65 Å². The molecule has 2 bridgehead atoms. The minimum Gasteiger partial charge on any atom is -0.756 e. The summed E-state index contributed by atoms with van der Waals surface area (Å²) in [5, 5.41) is 43.1. The van der Waals surface area contributed by atoms with Crippen molar-refractivity contribution in [3.63, 3.8) is 0 Å². The summed E-state index contributed by atoms with van der Waals surface area (Å²) >= 11 is 0. The third kappa shape index (κ3) is 9.95. The standard InChI is InChI=1S/C32H41N15O24P4/c1-44-9-47(24-14(44)26(53)43-31(35)41-24)28-18(51)16(49)11(67-28)3-64-73(56,57)70-75(60,61)71-74(58,59)65-5-32-4-62-19(29(68-32)45-7-38-12-21(33)36-6-37-22(12)45)20(32)69-72(54,55)63-2-10-15(48)17(50)27(66-10)46-8-39-13-23(46)40-30(34)42-25(13)52/h6-11,15-20,27-29,48-51H,2-5H2,1H3,(H11-,33,34,35,36,37,40,41,42,43,52,53,54,55,56,57,58,59,60,61)/p-3/t10-,11-,15+,16?,17?,18+,19+,20?,27-,28-,29-,32-/m1/s1. The van der Waals surface area contributed by atoms with Crippen molar-refractivity contribution in [1.29, 1.82) is 0 Å². The molecule has 6 aromatic heterocycles. The molecule has 408 valence electrons. The summed E-state index contributed by atoms with van der Waals surface area (Å²) in [5.74, 6) is -0.769. The van der Waals surface area contributed by atoms with Crippen LogP contribution in [0.25, 0.3) is 33.5 Å². The quantitative estimate of drug-likeness (QED) is 0.0285. The number of nitrogen functional groups attached to an aromatic ring is 3. The molecule has 0 amide bonds. The predicted molar refractivity (Wildman–Crippen MR) is 228 cm³/mol. The normalized spacial score (nSPS) is 32.0. The molecular weight excluding hydrogens is 1100 g/mol. The Morgan fingerprint density at radius 2 is 1.37 bits per heavy atom. The Labute approximate surface area is 413 Å². The van der Waals surface area contributed by atoms with Crippen molar-refractivity contribution in [2.75, 3.05) is 43.6 Å². The summed E-state index contributed by atoms with van der Waals surface area (Å²) in [4.78, 5) is 105. The number of hydrogen-bond donors (Lipinski definition) is 9. The first-order chi connectivity index (χ1) is 35.2. The van der Waals surface area contributed by atoms with Gasteiger partial charge in [0.1, 0.15) is 66.3 Å². The highest BCUT2D eigenvalue weighted by Crippen LogP contribution is 2.64. The molecular formula is C32H38N15O24P4-3. The fourth-order valence-electron chi connectivity index (χ4n) is 8.70. The lowest BCUT2D eigenvalue weighted by Gasteiger charge is -2.37.